The zero-order valence-corrected chi connectivity index (χ0v) is 13.0. The molecule has 0 aliphatic heterocycles. The Morgan fingerprint density at radius 3 is 2.41 bits per heavy atom. The van der Waals surface area contributed by atoms with E-state index in [1.165, 1.54) is 24.0 Å². The summed E-state index contributed by atoms with van der Waals surface area (Å²) in [6, 6.07) is 16.2. The van der Waals surface area contributed by atoms with Gasteiger partial charge in [-0.3, -0.25) is 4.79 Å². The molecule has 1 aliphatic carbocycles. The minimum atomic E-state index is -0.881. The maximum atomic E-state index is 12.0. The van der Waals surface area contributed by atoms with Crippen molar-refractivity contribution in [2.24, 2.45) is 0 Å². The van der Waals surface area contributed by atoms with Crippen molar-refractivity contribution in [1.29, 1.82) is 0 Å². The van der Waals surface area contributed by atoms with E-state index in [2.05, 4.69) is 12.1 Å². The van der Waals surface area contributed by atoms with Gasteiger partial charge in [0, 0.05) is 0 Å². The second-order valence-corrected chi connectivity index (χ2v) is 6.49. The average Bonchev–Trinajstić information content (AvgIpc) is 2.55. The van der Waals surface area contributed by atoms with E-state index in [1.54, 1.807) is 0 Å². The molecule has 0 saturated heterocycles. The van der Waals surface area contributed by atoms with E-state index in [1.807, 2.05) is 43.3 Å². The summed E-state index contributed by atoms with van der Waals surface area (Å²) in [5.41, 5.74) is 3.83. The lowest BCUT2D eigenvalue weighted by molar-refractivity contribution is -0.143. The van der Waals surface area contributed by atoms with Gasteiger partial charge in [0.15, 0.2) is 0 Å². The molecule has 0 aromatic heterocycles. The van der Waals surface area contributed by atoms with Gasteiger partial charge >= 0.3 is 5.97 Å². The molecular formula is C20H22O2. The second-order valence-electron chi connectivity index (χ2n) is 6.49. The maximum absolute atomic E-state index is 12.0. The number of benzene rings is 2. The van der Waals surface area contributed by atoms with Gasteiger partial charge in [0.2, 0.25) is 0 Å². The monoisotopic (exact) mass is 294 g/mol. The van der Waals surface area contributed by atoms with E-state index in [0.717, 1.165) is 24.0 Å². The Balaban J connectivity index is 1.98. The number of hydrogen-bond acceptors (Lipinski definition) is 1. The fraction of sp³-hybridized carbons (Fsp3) is 0.350. The highest BCUT2D eigenvalue weighted by Gasteiger charge is 2.35. The molecule has 0 radical (unpaired) electrons. The third-order valence-electron chi connectivity index (χ3n) is 4.86. The molecule has 0 amide bonds. The molecule has 0 spiro atoms. The van der Waals surface area contributed by atoms with Gasteiger partial charge in [0.05, 0.1) is 5.41 Å². The summed E-state index contributed by atoms with van der Waals surface area (Å²) in [6.45, 7) is 1.84. The predicted molar refractivity (Wildman–Crippen MR) is 88.2 cm³/mol. The quantitative estimate of drug-likeness (QED) is 0.919. The highest BCUT2D eigenvalue weighted by molar-refractivity contribution is 5.81. The molecule has 0 heterocycles. The van der Waals surface area contributed by atoms with Gasteiger partial charge in [0.25, 0.3) is 0 Å². The van der Waals surface area contributed by atoms with E-state index in [-0.39, 0.29) is 0 Å². The largest absolute Gasteiger partial charge is 0.481 e. The number of rotatable bonds is 4. The number of carboxylic acid groups (broad SMARTS) is 1. The molecule has 22 heavy (non-hydrogen) atoms. The summed E-state index contributed by atoms with van der Waals surface area (Å²) in [5, 5.41) is 9.85. The standard InChI is InChI=1S/C20H22O2/c1-20(19(21)22,14-15-7-3-2-4-8-15)18-12-11-16-9-5-6-10-17(16)13-18/h2-4,7-8,11-13H,5-6,9-10,14H2,1H3,(H,21,22). The minimum absolute atomic E-state index is 0.516. The number of carbonyl (C=O) groups is 1. The van der Waals surface area contributed by atoms with Crippen LogP contribution in [0.25, 0.3) is 0 Å². The highest BCUT2D eigenvalue weighted by atomic mass is 16.4. The van der Waals surface area contributed by atoms with Crippen molar-refractivity contribution in [3.63, 3.8) is 0 Å². The third-order valence-corrected chi connectivity index (χ3v) is 4.86. The molecule has 1 atom stereocenters. The molecule has 114 valence electrons. The molecule has 0 fully saturated rings. The lowest BCUT2D eigenvalue weighted by Gasteiger charge is -2.27. The van der Waals surface area contributed by atoms with Gasteiger partial charge in [-0.25, -0.2) is 0 Å². The molecular weight excluding hydrogens is 272 g/mol. The van der Waals surface area contributed by atoms with Crippen LogP contribution in [0, 0.1) is 0 Å². The van der Waals surface area contributed by atoms with Crippen molar-refractivity contribution in [2.75, 3.05) is 0 Å². The van der Waals surface area contributed by atoms with E-state index in [0.29, 0.717) is 6.42 Å². The number of aliphatic carboxylic acids is 1. The van der Waals surface area contributed by atoms with Crippen molar-refractivity contribution in [1.82, 2.24) is 0 Å². The van der Waals surface area contributed by atoms with Gasteiger partial charge in [0.1, 0.15) is 0 Å². The normalized spacial score (nSPS) is 16.6. The van der Waals surface area contributed by atoms with Gasteiger partial charge in [-0.05, 0) is 61.3 Å². The zero-order chi connectivity index (χ0) is 15.6. The first-order valence-corrected chi connectivity index (χ1v) is 7.99. The van der Waals surface area contributed by atoms with Crippen LogP contribution in [0.3, 0.4) is 0 Å². The van der Waals surface area contributed by atoms with Crippen LogP contribution in [0.1, 0.15) is 42.0 Å². The summed E-state index contributed by atoms with van der Waals surface area (Å²) in [4.78, 5) is 12.0. The SMILES string of the molecule is CC(Cc1ccccc1)(C(=O)O)c1ccc2c(c1)CCCC2. The Morgan fingerprint density at radius 1 is 1.05 bits per heavy atom. The second kappa shape index (κ2) is 5.96. The number of hydrogen-bond donors (Lipinski definition) is 1. The summed E-state index contributed by atoms with van der Waals surface area (Å²) in [5.74, 6) is -0.757. The lowest BCUT2D eigenvalue weighted by atomic mass is 9.75. The van der Waals surface area contributed by atoms with E-state index >= 15 is 0 Å². The Labute approximate surface area is 131 Å². The third kappa shape index (κ3) is 2.78. The van der Waals surface area contributed by atoms with Crippen molar-refractivity contribution in [3.8, 4) is 0 Å². The summed E-state index contributed by atoms with van der Waals surface area (Å²) in [7, 11) is 0. The number of carboxylic acids is 1. The molecule has 0 saturated carbocycles. The van der Waals surface area contributed by atoms with Gasteiger partial charge in [-0.15, -0.1) is 0 Å². The summed E-state index contributed by atoms with van der Waals surface area (Å²) >= 11 is 0. The van der Waals surface area contributed by atoms with E-state index < -0.39 is 11.4 Å². The van der Waals surface area contributed by atoms with Gasteiger partial charge in [-0.1, -0.05) is 48.5 Å². The minimum Gasteiger partial charge on any atom is -0.481 e. The smallest absolute Gasteiger partial charge is 0.314 e. The predicted octanol–water partition coefficient (Wildman–Crippen LogP) is 4.15. The van der Waals surface area contributed by atoms with E-state index in [9.17, 15) is 9.90 Å². The van der Waals surface area contributed by atoms with Crippen molar-refractivity contribution in [3.05, 3.63) is 70.8 Å². The Hall–Kier alpha value is -2.09. The molecule has 1 N–H and O–H groups in total. The number of fused-ring (bicyclic) bond motifs is 1. The topological polar surface area (TPSA) is 37.3 Å². The van der Waals surface area contributed by atoms with Crippen LogP contribution < -0.4 is 0 Å². The fourth-order valence-corrected chi connectivity index (χ4v) is 3.38. The Morgan fingerprint density at radius 2 is 1.73 bits per heavy atom. The fourth-order valence-electron chi connectivity index (χ4n) is 3.38. The lowest BCUT2D eigenvalue weighted by Crippen LogP contribution is -2.35. The van der Waals surface area contributed by atoms with Crippen LogP contribution in [0.15, 0.2) is 48.5 Å². The molecule has 2 heteroatoms. The molecule has 1 unspecified atom stereocenters. The number of aryl methyl sites for hydroxylation is 2. The first-order chi connectivity index (χ1) is 10.6. The molecule has 2 nitrogen and oxygen atoms in total. The zero-order valence-electron chi connectivity index (χ0n) is 13.0. The first-order valence-electron chi connectivity index (χ1n) is 7.99. The first kappa shape index (κ1) is 14.8. The van der Waals surface area contributed by atoms with Crippen LogP contribution in [0.5, 0.6) is 0 Å². The van der Waals surface area contributed by atoms with Crippen LogP contribution in [0.2, 0.25) is 0 Å². The van der Waals surface area contributed by atoms with Crippen molar-refractivity contribution >= 4 is 5.97 Å². The van der Waals surface area contributed by atoms with Crippen LogP contribution in [-0.2, 0) is 29.5 Å². The van der Waals surface area contributed by atoms with Crippen LogP contribution >= 0.6 is 0 Å². The Kier molecular flexibility index (Phi) is 4.02. The highest BCUT2D eigenvalue weighted by Crippen LogP contribution is 2.32. The van der Waals surface area contributed by atoms with Crippen LogP contribution in [-0.4, -0.2) is 11.1 Å². The average molecular weight is 294 g/mol. The molecule has 2 aromatic rings. The molecule has 1 aliphatic rings. The van der Waals surface area contributed by atoms with Crippen molar-refractivity contribution < 1.29 is 9.90 Å². The van der Waals surface area contributed by atoms with Gasteiger partial charge in [-0.2, -0.15) is 0 Å². The maximum Gasteiger partial charge on any atom is 0.314 e. The van der Waals surface area contributed by atoms with Gasteiger partial charge < -0.3 is 5.11 Å². The molecule has 3 rings (SSSR count). The molecule has 0 bridgehead atoms. The molecule has 2 aromatic carbocycles. The van der Waals surface area contributed by atoms with E-state index in [4.69, 9.17) is 0 Å². The Bertz CT molecular complexity index is 675. The van der Waals surface area contributed by atoms with Crippen LogP contribution in [0.4, 0.5) is 0 Å². The van der Waals surface area contributed by atoms with Crippen molar-refractivity contribution in [2.45, 2.75) is 44.4 Å². The summed E-state index contributed by atoms with van der Waals surface area (Å²) in [6.07, 6.45) is 5.16. The summed E-state index contributed by atoms with van der Waals surface area (Å²) < 4.78 is 0.